The summed E-state index contributed by atoms with van der Waals surface area (Å²) in [5, 5.41) is 0. The van der Waals surface area contributed by atoms with Crippen molar-refractivity contribution >= 4 is 5.91 Å². The molecule has 0 N–H and O–H groups in total. The van der Waals surface area contributed by atoms with Gasteiger partial charge in [0.05, 0.1) is 12.7 Å². The Morgan fingerprint density at radius 1 is 1.45 bits per heavy atom. The highest BCUT2D eigenvalue weighted by molar-refractivity contribution is 5.93. The van der Waals surface area contributed by atoms with E-state index in [1.54, 1.807) is 24.3 Å². The molecule has 1 amide bonds. The van der Waals surface area contributed by atoms with Crippen LogP contribution in [0.5, 0.6) is 0 Å². The standard InChI is InChI=1S/C15H18N4O3/c1-11-14(18-10-22-11)15(20)19-6-7-21-13(8-19)3-2-12-4-5-16-9-17-12/h4-5,9-10,13H,2-3,6-8H2,1H3. The van der Waals surface area contributed by atoms with Crippen molar-refractivity contribution in [3.8, 4) is 0 Å². The Morgan fingerprint density at radius 3 is 3.09 bits per heavy atom. The van der Waals surface area contributed by atoms with Crippen molar-refractivity contribution in [2.75, 3.05) is 19.7 Å². The summed E-state index contributed by atoms with van der Waals surface area (Å²) in [6.07, 6.45) is 6.21. The molecule has 1 aliphatic rings. The van der Waals surface area contributed by atoms with Crippen molar-refractivity contribution < 1.29 is 13.9 Å². The molecular formula is C15H18N4O3. The molecule has 3 heterocycles. The molecule has 0 saturated carbocycles. The largest absolute Gasteiger partial charge is 0.448 e. The third kappa shape index (κ3) is 3.30. The Labute approximate surface area is 128 Å². The van der Waals surface area contributed by atoms with Crippen molar-refractivity contribution in [1.29, 1.82) is 0 Å². The summed E-state index contributed by atoms with van der Waals surface area (Å²) in [6, 6.07) is 1.89. The first-order valence-electron chi connectivity index (χ1n) is 7.30. The van der Waals surface area contributed by atoms with E-state index in [-0.39, 0.29) is 12.0 Å². The minimum atomic E-state index is -0.0958. The zero-order valence-corrected chi connectivity index (χ0v) is 12.4. The molecule has 22 heavy (non-hydrogen) atoms. The number of hydrogen-bond acceptors (Lipinski definition) is 6. The summed E-state index contributed by atoms with van der Waals surface area (Å²) in [6.45, 7) is 3.43. The Hall–Kier alpha value is -2.28. The summed E-state index contributed by atoms with van der Waals surface area (Å²) in [5.74, 6) is 0.454. The second kappa shape index (κ2) is 6.65. The third-order valence-electron chi connectivity index (χ3n) is 3.74. The first-order valence-corrected chi connectivity index (χ1v) is 7.30. The second-order valence-corrected chi connectivity index (χ2v) is 5.24. The van der Waals surface area contributed by atoms with Crippen LogP contribution in [0.2, 0.25) is 0 Å². The number of amides is 1. The van der Waals surface area contributed by atoms with E-state index in [4.69, 9.17) is 9.15 Å². The lowest BCUT2D eigenvalue weighted by atomic mass is 10.1. The van der Waals surface area contributed by atoms with Crippen LogP contribution in [0.4, 0.5) is 0 Å². The zero-order valence-electron chi connectivity index (χ0n) is 12.4. The second-order valence-electron chi connectivity index (χ2n) is 5.24. The summed E-state index contributed by atoms with van der Waals surface area (Å²) >= 11 is 0. The van der Waals surface area contributed by atoms with Crippen LogP contribution in [0, 0.1) is 6.92 Å². The fourth-order valence-electron chi connectivity index (χ4n) is 2.51. The van der Waals surface area contributed by atoms with Crippen LogP contribution in [0.3, 0.4) is 0 Å². The molecule has 0 spiro atoms. The van der Waals surface area contributed by atoms with Gasteiger partial charge in [-0.2, -0.15) is 0 Å². The van der Waals surface area contributed by atoms with Crippen LogP contribution >= 0.6 is 0 Å². The molecule has 0 aromatic carbocycles. The molecule has 1 atom stereocenters. The Kier molecular flexibility index (Phi) is 4.43. The minimum Gasteiger partial charge on any atom is -0.448 e. The number of hydrogen-bond donors (Lipinski definition) is 0. The summed E-state index contributed by atoms with van der Waals surface area (Å²) in [7, 11) is 0. The average Bonchev–Trinajstić information content (AvgIpc) is 2.99. The maximum atomic E-state index is 12.4. The zero-order chi connectivity index (χ0) is 15.4. The van der Waals surface area contributed by atoms with Crippen LogP contribution < -0.4 is 0 Å². The Bertz CT molecular complexity index is 629. The van der Waals surface area contributed by atoms with Gasteiger partial charge in [-0.1, -0.05) is 0 Å². The van der Waals surface area contributed by atoms with Gasteiger partial charge in [0.1, 0.15) is 12.1 Å². The monoisotopic (exact) mass is 302 g/mol. The van der Waals surface area contributed by atoms with Gasteiger partial charge in [0.15, 0.2) is 12.1 Å². The van der Waals surface area contributed by atoms with Crippen LogP contribution in [-0.4, -0.2) is 51.6 Å². The highest BCUT2D eigenvalue weighted by atomic mass is 16.5. The fraction of sp³-hybridized carbons (Fsp3) is 0.467. The van der Waals surface area contributed by atoms with Gasteiger partial charge in [-0.25, -0.2) is 15.0 Å². The molecular weight excluding hydrogens is 284 g/mol. The van der Waals surface area contributed by atoms with E-state index >= 15 is 0 Å². The highest BCUT2D eigenvalue weighted by Crippen LogP contribution is 2.15. The normalized spacial score (nSPS) is 18.4. The van der Waals surface area contributed by atoms with E-state index < -0.39 is 0 Å². The molecule has 3 rings (SSSR count). The molecule has 2 aromatic heterocycles. The molecule has 116 valence electrons. The quantitative estimate of drug-likeness (QED) is 0.845. The lowest BCUT2D eigenvalue weighted by Gasteiger charge is -2.32. The van der Waals surface area contributed by atoms with E-state index in [9.17, 15) is 4.79 Å². The van der Waals surface area contributed by atoms with E-state index in [1.807, 2.05) is 6.07 Å². The third-order valence-corrected chi connectivity index (χ3v) is 3.74. The Balaban J connectivity index is 1.57. The van der Waals surface area contributed by atoms with Crippen molar-refractivity contribution in [2.24, 2.45) is 0 Å². The van der Waals surface area contributed by atoms with Crippen LogP contribution in [-0.2, 0) is 11.2 Å². The van der Waals surface area contributed by atoms with Gasteiger partial charge in [-0.05, 0) is 25.8 Å². The van der Waals surface area contributed by atoms with Crippen molar-refractivity contribution in [3.05, 3.63) is 42.1 Å². The van der Waals surface area contributed by atoms with Crippen molar-refractivity contribution in [3.63, 3.8) is 0 Å². The highest BCUT2D eigenvalue weighted by Gasteiger charge is 2.27. The smallest absolute Gasteiger partial charge is 0.276 e. The van der Waals surface area contributed by atoms with E-state index in [2.05, 4.69) is 15.0 Å². The molecule has 7 heteroatoms. The molecule has 0 bridgehead atoms. The number of morpholine rings is 1. The van der Waals surface area contributed by atoms with Gasteiger partial charge in [0.2, 0.25) is 0 Å². The molecule has 7 nitrogen and oxygen atoms in total. The van der Waals surface area contributed by atoms with Gasteiger partial charge >= 0.3 is 0 Å². The number of rotatable bonds is 4. The molecule has 1 saturated heterocycles. The van der Waals surface area contributed by atoms with Crippen LogP contribution in [0.25, 0.3) is 0 Å². The number of oxazole rings is 1. The number of ether oxygens (including phenoxy) is 1. The maximum Gasteiger partial charge on any atom is 0.276 e. The number of nitrogens with zero attached hydrogens (tertiary/aromatic N) is 4. The number of carbonyl (C=O) groups is 1. The lowest BCUT2D eigenvalue weighted by Crippen LogP contribution is -2.46. The van der Waals surface area contributed by atoms with Gasteiger partial charge < -0.3 is 14.1 Å². The summed E-state index contributed by atoms with van der Waals surface area (Å²) in [5.41, 5.74) is 1.37. The average molecular weight is 302 g/mol. The van der Waals surface area contributed by atoms with Crippen molar-refractivity contribution in [1.82, 2.24) is 19.9 Å². The maximum absolute atomic E-state index is 12.4. The van der Waals surface area contributed by atoms with Gasteiger partial charge in [-0.15, -0.1) is 0 Å². The predicted octanol–water partition coefficient (Wildman–Crippen LogP) is 1.25. The van der Waals surface area contributed by atoms with E-state index in [0.29, 0.717) is 31.2 Å². The van der Waals surface area contributed by atoms with Gasteiger partial charge in [-0.3, -0.25) is 4.79 Å². The summed E-state index contributed by atoms with van der Waals surface area (Å²) in [4.78, 5) is 26.3. The Morgan fingerprint density at radius 2 is 2.36 bits per heavy atom. The topological polar surface area (TPSA) is 81.4 Å². The number of aromatic nitrogens is 3. The molecule has 1 fully saturated rings. The number of carbonyl (C=O) groups excluding carboxylic acids is 1. The molecule has 1 unspecified atom stereocenters. The van der Waals surface area contributed by atoms with Crippen LogP contribution in [0.15, 0.2) is 29.4 Å². The predicted molar refractivity (Wildman–Crippen MR) is 77.2 cm³/mol. The van der Waals surface area contributed by atoms with E-state index in [0.717, 1.165) is 18.5 Å². The first kappa shape index (κ1) is 14.6. The minimum absolute atomic E-state index is 0.0138. The SMILES string of the molecule is Cc1ocnc1C(=O)N1CCOC(CCc2ccncn2)C1. The molecule has 2 aromatic rings. The molecule has 1 aliphatic heterocycles. The number of aryl methyl sites for hydroxylation is 2. The fourth-order valence-corrected chi connectivity index (χ4v) is 2.51. The van der Waals surface area contributed by atoms with Crippen molar-refractivity contribution in [2.45, 2.75) is 25.9 Å². The van der Waals surface area contributed by atoms with Gasteiger partial charge in [0, 0.05) is 25.0 Å². The molecule has 0 radical (unpaired) electrons. The first-order chi connectivity index (χ1) is 10.7. The summed E-state index contributed by atoms with van der Waals surface area (Å²) < 4.78 is 10.9. The van der Waals surface area contributed by atoms with Crippen LogP contribution in [0.1, 0.15) is 28.4 Å². The molecule has 0 aliphatic carbocycles. The van der Waals surface area contributed by atoms with E-state index in [1.165, 1.54) is 6.39 Å². The lowest BCUT2D eigenvalue weighted by molar-refractivity contribution is -0.0249. The van der Waals surface area contributed by atoms with Gasteiger partial charge in [0.25, 0.3) is 5.91 Å².